The molecule has 0 aliphatic heterocycles. The molecule has 0 aliphatic carbocycles. The molecule has 6 heteroatoms. The van der Waals surface area contributed by atoms with E-state index in [1.165, 1.54) is 7.11 Å². The van der Waals surface area contributed by atoms with Gasteiger partial charge in [-0.1, -0.05) is 17.7 Å². The quantitative estimate of drug-likeness (QED) is 0.789. The number of ether oxygens (including phenoxy) is 1. The number of carbonyl (C=O) groups is 1. The van der Waals surface area contributed by atoms with E-state index in [0.717, 1.165) is 5.56 Å². The molecule has 22 heavy (non-hydrogen) atoms. The number of aromatic nitrogens is 1. The Labute approximate surface area is 131 Å². The summed E-state index contributed by atoms with van der Waals surface area (Å²) < 4.78 is 10.7. The molecule has 0 saturated carbocycles. The first kappa shape index (κ1) is 14.6. The summed E-state index contributed by atoms with van der Waals surface area (Å²) in [5.41, 5.74) is 2.45. The summed E-state index contributed by atoms with van der Waals surface area (Å²) in [5, 5.41) is 9.76. The van der Waals surface area contributed by atoms with Crippen LogP contribution < -0.4 is 0 Å². The molecule has 3 rings (SSSR count). The number of aliphatic carboxylic acids is 1. The summed E-state index contributed by atoms with van der Waals surface area (Å²) in [6, 6.07) is 12.1. The average molecular weight is 318 g/mol. The maximum absolute atomic E-state index is 11.1. The van der Waals surface area contributed by atoms with Crippen LogP contribution in [0.3, 0.4) is 0 Å². The summed E-state index contributed by atoms with van der Waals surface area (Å²) in [5.74, 6) is -0.604. The average Bonchev–Trinajstić information content (AvgIpc) is 2.91. The highest BCUT2D eigenvalue weighted by atomic mass is 35.5. The Hall–Kier alpha value is -2.37. The molecular formula is C16H12ClNO4. The first-order valence-electron chi connectivity index (χ1n) is 6.50. The highest BCUT2D eigenvalue weighted by Gasteiger charge is 2.20. The van der Waals surface area contributed by atoms with Crippen LogP contribution in [0.1, 0.15) is 11.7 Å². The van der Waals surface area contributed by atoms with Gasteiger partial charge in [-0.15, -0.1) is 0 Å². The Morgan fingerprint density at radius 2 is 2.00 bits per heavy atom. The number of rotatable bonds is 4. The van der Waals surface area contributed by atoms with Crippen molar-refractivity contribution in [2.24, 2.45) is 0 Å². The number of benzene rings is 2. The van der Waals surface area contributed by atoms with Crippen LogP contribution in [0.4, 0.5) is 0 Å². The summed E-state index contributed by atoms with van der Waals surface area (Å²) in [6.45, 7) is 0. The molecule has 0 fully saturated rings. The molecule has 0 aliphatic rings. The zero-order chi connectivity index (χ0) is 15.7. The van der Waals surface area contributed by atoms with E-state index in [1.807, 2.05) is 12.1 Å². The van der Waals surface area contributed by atoms with Gasteiger partial charge in [0.2, 0.25) is 5.89 Å². The second kappa shape index (κ2) is 5.79. The molecule has 112 valence electrons. The lowest BCUT2D eigenvalue weighted by atomic mass is 10.1. The van der Waals surface area contributed by atoms with Gasteiger partial charge >= 0.3 is 5.97 Å². The number of fused-ring (bicyclic) bond motifs is 1. The van der Waals surface area contributed by atoms with Crippen molar-refractivity contribution in [1.82, 2.24) is 4.98 Å². The van der Waals surface area contributed by atoms with E-state index >= 15 is 0 Å². The van der Waals surface area contributed by atoms with Gasteiger partial charge in [0.05, 0.1) is 0 Å². The van der Waals surface area contributed by atoms with Gasteiger partial charge in [0.1, 0.15) is 5.52 Å². The predicted octanol–water partition coefficient (Wildman–Crippen LogP) is 3.92. The van der Waals surface area contributed by atoms with Gasteiger partial charge in [-0.05, 0) is 42.0 Å². The molecule has 1 unspecified atom stereocenters. The lowest BCUT2D eigenvalue weighted by molar-refractivity contribution is -0.148. The van der Waals surface area contributed by atoms with Crippen molar-refractivity contribution < 1.29 is 19.1 Å². The highest BCUT2D eigenvalue weighted by Crippen LogP contribution is 2.28. The number of oxazole rings is 1. The van der Waals surface area contributed by atoms with Crippen LogP contribution in [-0.2, 0) is 9.53 Å². The fourth-order valence-electron chi connectivity index (χ4n) is 2.20. The van der Waals surface area contributed by atoms with Crippen LogP contribution in [0.5, 0.6) is 0 Å². The lowest BCUT2D eigenvalue weighted by Gasteiger charge is -2.09. The minimum absolute atomic E-state index is 0.452. The van der Waals surface area contributed by atoms with Crippen molar-refractivity contribution in [1.29, 1.82) is 0 Å². The Balaban J connectivity index is 2.03. The molecule has 1 atom stereocenters. The minimum Gasteiger partial charge on any atom is -0.479 e. The summed E-state index contributed by atoms with van der Waals surface area (Å²) >= 11 is 5.86. The zero-order valence-electron chi connectivity index (χ0n) is 11.6. The molecule has 1 heterocycles. The standard InChI is InChI=1S/C16H12ClNO4/c1-21-14(16(19)20)10-4-7-12-13(8-10)22-15(18-12)9-2-5-11(17)6-3-9/h2-8,14H,1H3,(H,19,20). The van der Waals surface area contributed by atoms with E-state index in [1.54, 1.807) is 30.3 Å². The van der Waals surface area contributed by atoms with Crippen LogP contribution in [0.2, 0.25) is 5.02 Å². The summed E-state index contributed by atoms with van der Waals surface area (Å²) in [7, 11) is 1.35. The lowest BCUT2D eigenvalue weighted by Crippen LogP contribution is -2.13. The monoisotopic (exact) mass is 317 g/mol. The van der Waals surface area contributed by atoms with Crippen molar-refractivity contribution >= 4 is 28.7 Å². The third-order valence-corrected chi connectivity index (χ3v) is 3.52. The predicted molar refractivity (Wildman–Crippen MR) is 81.8 cm³/mol. The molecule has 0 saturated heterocycles. The Morgan fingerprint density at radius 3 is 2.64 bits per heavy atom. The molecule has 5 nitrogen and oxygen atoms in total. The highest BCUT2D eigenvalue weighted by molar-refractivity contribution is 6.30. The van der Waals surface area contributed by atoms with Gasteiger partial charge < -0.3 is 14.3 Å². The minimum atomic E-state index is -1.06. The van der Waals surface area contributed by atoms with E-state index in [-0.39, 0.29) is 0 Å². The molecular weight excluding hydrogens is 306 g/mol. The number of carboxylic acids is 1. The van der Waals surface area contributed by atoms with Crippen molar-refractivity contribution in [3.05, 3.63) is 53.1 Å². The largest absolute Gasteiger partial charge is 0.479 e. The maximum atomic E-state index is 11.1. The van der Waals surface area contributed by atoms with Gasteiger partial charge in [0.15, 0.2) is 11.7 Å². The molecule has 3 aromatic rings. The van der Waals surface area contributed by atoms with Crippen molar-refractivity contribution in [2.75, 3.05) is 7.11 Å². The summed E-state index contributed by atoms with van der Waals surface area (Å²) in [6.07, 6.45) is -1.03. The Morgan fingerprint density at radius 1 is 1.27 bits per heavy atom. The number of hydrogen-bond acceptors (Lipinski definition) is 4. The van der Waals surface area contributed by atoms with Crippen LogP contribution >= 0.6 is 11.6 Å². The molecule has 1 aromatic heterocycles. The van der Waals surface area contributed by atoms with Gasteiger partial charge in [0.25, 0.3) is 0 Å². The number of halogens is 1. The number of carboxylic acid groups (broad SMARTS) is 1. The third-order valence-electron chi connectivity index (χ3n) is 3.27. The van der Waals surface area contributed by atoms with E-state index < -0.39 is 12.1 Å². The summed E-state index contributed by atoms with van der Waals surface area (Å²) in [4.78, 5) is 15.5. The maximum Gasteiger partial charge on any atom is 0.337 e. The molecule has 0 spiro atoms. The normalized spacial score (nSPS) is 12.5. The van der Waals surface area contributed by atoms with E-state index in [2.05, 4.69) is 4.98 Å². The molecule has 1 N–H and O–H groups in total. The smallest absolute Gasteiger partial charge is 0.337 e. The second-order valence-electron chi connectivity index (χ2n) is 4.71. The number of methoxy groups -OCH3 is 1. The fourth-order valence-corrected chi connectivity index (χ4v) is 2.33. The van der Waals surface area contributed by atoms with Crippen LogP contribution in [-0.4, -0.2) is 23.2 Å². The van der Waals surface area contributed by atoms with E-state index in [0.29, 0.717) is 27.6 Å². The van der Waals surface area contributed by atoms with Crippen molar-refractivity contribution in [3.63, 3.8) is 0 Å². The Kier molecular flexibility index (Phi) is 3.83. The van der Waals surface area contributed by atoms with Crippen LogP contribution in [0.15, 0.2) is 46.9 Å². The first-order chi connectivity index (χ1) is 10.6. The van der Waals surface area contributed by atoms with E-state index in [4.69, 9.17) is 25.9 Å². The Bertz CT molecular complexity index is 826. The van der Waals surface area contributed by atoms with Crippen molar-refractivity contribution in [3.8, 4) is 11.5 Å². The fraction of sp³-hybridized carbons (Fsp3) is 0.125. The van der Waals surface area contributed by atoms with Gasteiger partial charge in [-0.3, -0.25) is 0 Å². The molecule has 0 bridgehead atoms. The number of nitrogens with zero attached hydrogens (tertiary/aromatic N) is 1. The molecule has 0 radical (unpaired) electrons. The van der Waals surface area contributed by atoms with Gasteiger partial charge in [-0.2, -0.15) is 0 Å². The zero-order valence-corrected chi connectivity index (χ0v) is 12.4. The molecule has 2 aromatic carbocycles. The topological polar surface area (TPSA) is 72.6 Å². The van der Waals surface area contributed by atoms with Crippen molar-refractivity contribution in [2.45, 2.75) is 6.10 Å². The number of hydrogen-bond donors (Lipinski definition) is 1. The molecule has 0 amide bonds. The second-order valence-corrected chi connectivity index (χ2v) is 5.14. The van der Waals surface area contributed by atoms with Crippen LogP contribution in [0.25, 0.3) is 22.6 Å². The third kappa shape index (κ3) is 2.68. The van der Waals surface area contributed by atoms with Gasteiger partial charge in [-0.25, -0.2) is 9.78 Å². The first-order valence-corrected chi connectivity index (χ1v) is 6.88. The van der Waals surface area contributed by atoms with Crippen LogP contribution in [0, 0.1) is 0 Å². The van der Waals surface area contributed by atoms with Gasteiger partial charge in [0, 0.05) is 17.7 Å². The van der Waals surface area contributed by atoms with E-state index in [9.17, 15) is 4.79 Å². The SMILES string of the molecule is COC(C(=O)O)c1ccc2nc(-c3ccc(Cl)cc3)oc2c1.